The molecule has 4 heteroatoms. The topological polar surface area (TPSA) is 38.8 Å². The second-order valence-electron chi connectivity index (χ2n) is 7.99. The highest BCUT2D eigenvalue weighted by molar-refractivity contribution is 5.89. The van der Waals surface area contributed by atoms with Crippen molar-refractivity contribution in [1.82, 2.24) is 4.90 Å². The summed E-state index contributed by atoms with van der Waals surface area (Å²) in [6, 6.07) is -3.77. The van der Waals surface area contributed by atoms with Crippen molar-refractivity contribution >= 4 is 5.78 Å². The van der Waals surface area contributed by atoms with Crippen molar-refractivity contribution in [3.05, 3.63) is 22.7 Å². The number of ketones is 1. The average Bonchev–Trinajstić information content (AvgIpc) is 3.05. The minimum Gasteiger partial charge on any atom is -0.493 e. The largest absolute Gasteiger partial charge is 0.493 e. The van der Waals surface area contributed by atoms with Crippen molar-refractivity contribution in [1.29, 1.82) is 0 Å². The molecule has 1 aromatic carbocycles. The number of likely N-dealkylation sites (tertiary alicyclic amines) is 1. The highest BCUT2D eigenvalue weighted by atomic mass is 16.5. The minimum atomic E-state index is -3.75. The summed E-state index contributed by atoms with van der Waals surface area (Å²) in [6.07, 6.45) is -10.7. The summed E-state index contributed by atoms with van der Waals surface area (Å²) in [4.78, 5) is 14.5. The molecule has 6 atom stereocenters. The van der Waals surface area contributed by atoms with E-state index in [1.54, 1.807) is 0 Å². The maximum Gasteiger partial charge on any atom is 0.174 e. The lowest BCUT2D eigenvalue weighted by Crippen LogP contribution is -2.75. The Bertz CT molecular complexity index is 1410. The van der Waals surface area contributed by atoms with Crippen LogP contribution in [0.5, 0.6) is 11.5 Å². The van der Waals surface area contributed by atoms with Crippen LogP contribution in [0, 0.1) is 18.7 Å². The Labute approximate surface area is 180 Å². The Balaban J connectivity index is 2.26. The smallest absolute Gasteiger partial charge is 0.174 e. The van der Waals surface area contributed by atoms with Gasteiger partial charge in [-0.3, -0.25) is 9.69 Å². The molecule has 1 spiro atoms. The third kappa shape index (κ3) is 1.69. The molecule has 27 heavy (non-hydrogen) atoms. The van der Waals surface area contributed by atoms with Crippen molar-refractivity contribution in [2.24, 2.45) is 11.8 Å². The third-order valence-corrected chi connectivity index (χ3v) is 6.57. The number of likely N-dealkylation sites (N-methyl/N-ethyl adjacent to an activating group) is 1. The molecule has 2 aliphatic heterocycles. The van der Waals surface area contributed by atoms with Gasteiger partial charge >= 0.3 is 0 Å². The van der Waals surface area contributed by atoms with Gasteiger partial charge in [0.15, 0.2) is 23.4 Å². The first-order valence-corrected chi connectivity index (χ1v) is 8.90. The fraction of sp³-hybridized carbons (Fsp3) is 0.696. The lowest BCUT2D eigenvalue weighted by Gasteiger charge is -2.67. The molecule has 2 fully saturated rings. The number of Topliss-reactive ketones (excluding diaryl/α,β-unsaturated/α-hetero) is 1. The van der Waals surface area contributed by atoms with Gasteiger partial charge in [0.25, 0.3) is 0 Å². The third-order valence-electron chi connectivity index (χ3n) is 6.57. The second kappa shape index (κ2) is 5.08. The maximum absolute atomic E-state index is 14.1. The van der Waals surface area contributed by atoms with E-state index in [-0.39, 0.29) is 11.3 Å². The molecule has 1 saturated carbocycles. The molecule has 1 saturated heterocycles. The first-order chi connectivity index (χ1) is 17.6. The van der Waals surface area contributed by atoms with Crippen molar-refractivity contribution in [2.45, 2.75) is 76.3 Å². The summed E-state index contributed by atoms with van der Waals surface area (Å²) in [5, 5.41) is 0. The van der Waals surface area contributed by atoms with E-state index in [1.807, 2.05) is 0 Å². The van der Waals surface area contributed by atoms with Gasteiger partial charge in [0.1, 0.15) is 0 Å². The van der Waals surface area contributed by atoms with Crippen LogP contribution in [-0.2, 0) is 10.2 Å². The lowest BCUT2D eigenvalue weighted by molar-refractivity contribution is -0.161. The molecule has 4 nitrogen and oxygen atoms in total. The molecule has 2 bridgehead atoms. The van der Waals surface area contributed by atoms with Crippen LogP contribution in [0.1, 0.15) is 80.8 Å². The predicted octanol–water partition coefficient (Wildman–Crippen LogP) is 3.83. The van der Waals surface area contributed by atoms with Crippen LogP contribution in [0.15, 0.2) is 6.04 Å². The van der Waals surface area contributed by atoms with Crippen LogP contribution < -0.4 is 9.47 Å². The van der Waals surface area contributed by atoms with E-state index >= 15 is 0 Å². The number of hydrogen-bond donors (Lipinski definition) is 0. The molecule has 0 radical (unpaired) electrons. The monoisotopic (exact) mass is 382 g/mol. The minimum absolute atomic E-state index is 0.0392. The van der Waals surface area contributed by atoms with Gasteiger partial charge in [-0.15, -0.1) is 0 Å². The summed E-state index contributed by atoms with van der Waals surface area (Å²) >= 11 is 0. The van der Waals surface area contributed by atoms with E-state index in [0.29, 0.717) is 4.90 Å². The number of benzene rings is 1. The zero-order chi connectivity index (χ0) is 31.0. The van der Waals surface area contributed by atoms with Crippen LogP contribution in [0.25, 0.3) is 0 Å². The van der Waals surface area contributed by atoms with Crippen LogP contribution in [-0.4, -0.2) is 42.4 Å². The molecule has 2 unspecified atom stereocenters. The van der Waals surface area contributed by atoms with Crippen LogP contribution in [0.2, 0.25) is 0 Å². The fourth-order valence-electron chi connectivity index (χ4n) is 4.98. The lowest BCUT2D eigenvalue weighted by atomic mass is 9.43. The molecular weight excluding hydrogens is 338 g/mol. The summed E-state index contributed by atoms with van der Waals surface area (Å²) in [5.41, 5.74) is -5.79. The summed E-state index contributed by atoms with van der Waals surface area (Å²) in [7, 11) is 1.21. The van der Waals surface area contributed by atoms with E-state index in [2.05, 4.69) is 0 Å². The van der Waals surface area contributed by atoms with E-state index in [9.17, 15) is 11.6 Å². The summed E-state index contributed by atoms with van der Waals surface area (Å²) in [6.45, 7) is 2.72. The number of nitrogens with zero attached hydrogens (tertiary/aromatic N) is 1. The second-order valence-corrected chi connectivity index (χ2v) is 7.99. The molecule has 2 heterocycles. The number of rotatable bonds is 1. The van der Waals surface area contributed by atoms with Crippen molar-refractivity contribution in [2.75, 3.05) is 14.1 Å². The summed E-state index contributed by atoms with van der Waals surface area (Å²) < 4.78 is 130. The van der Waals surface area contributed by atoms with E-state index in [1.165, 1.54) is 27.9 Å². The highest BCUT2D eigenvalue weighted by Gasteiger charge is 2.72. The number of ether oxygens (including phenoxy) is 2. The maximum atomic E-state index is 14.1. The Morgan fingerprint density at radius 2 is 2.22 bits per heavy atom. The number of hydrogen-bond acceptors (Lipinski definition) is 4. The van der Waals surface area contributed by atoms with Crippen LogP contribution in [0.4, 0.5) is 0 Å². The quantitative estimate of drug-likeness (QED) is 0.740. The van der Waals surface area contributed by atoms with Gasteiger partial charge in [-0.1, -0.05) is 19.9 Å². The predicted molar refractivity (Wildman–Crippen MR) is 105 cm³/mol. The SMILES string of the molecule is [2H]c1c(C)c(OC)c2c3c1C([2H])(C)[C@@]1([2H])N(C([2H])([2H])[2H])C(C)(C)C([2H])(C)[C@]34[C@@]1([2H])C([2H])([2H])C([2H])([2H])C(=O)[C@]4([2H])O2. The van der Waals surface area contributed by atoms with Crippen LogP contribution in [0.3, 0.4) is 0 Å². The van der Waals surface area contributed by atoms with Gasteiger partial charge in [-0.05, 0) is 62.9 Å². The van der Waals surface area contributed by atoms with Crippen molar-refractivity contribution in [3.63, 3.8) is 0 Å². The normalized spacial score (nSPS) is 66.0. The number of carbonyl (C=O) groups is 1. The zero-order valence-corrected chi connectivity index (χ0v) is 16.2. The molecule has 4 aliphatic rings. The first kappa shape index (κ1) is 8.44. The van der Waals surface area contributed by atoms with Gasteiger partial charge < -0.3 is 9.47 Å². The number of methoxy groups -OCH3 is 1. The molecule has 0 N–H and O–H groups in total. The molecule has 146 valence electrons. The molecule has 0 amide bonds. The first-order valence-electron chi connectivity index (χ1n) is 15.4. The van der Waals surface area contributed by atoms with E-state index in [4.69, 9.17) is 20.4 Å². The Morgan fingerprint density at radius 1 is 1.48 bits per heavy atom. The molecule has 0 aromatic heterocycles. The standard InChI is InChI=1S/C23H31NO3/c1-11-10-14-12(2)18-15-8-9-16(25)21-23(15,13(3)22(4,5)24(18)6)17(14)20(27-21)19(11)26-7/h10,12-13,15,18,21H,8-9H2,1-7H3/t12?,13?,15-,18+,21-,23-/m0/s1/i6D3,8D2,9D2,10D,12D,13D,15D,18D,21D. The van der Waals surface area contributed by atoms with Gasteiger partial charge in [0.2, 0.25) is 0 Å². The number of carbonyl (C=O) groups excluding carboxylic acids is 1. The average molecular weight is 383 g/mol. The van der Waals surface area contributed by atoms with Gasteiger partial charge in [-0.25, -0.2) is 0 Å². The molecule has 5 rings (SSSR count). The molecular formula is C23H31NO3. The molecule has 2 aliphatic carbocycles. The van der Waals surface area contributed by atoms with Crippen molar-refractivity contribution < 1.29 is 32.1 Å². The summed E-state index contributed by atoms with van der Waals surface area (Å²) in [5.74, 6) is -11.1. The highest BCUT2D eigenvalue weighted by Crippen LogP contribution is 2.69. The Hall–Kier alpha value is -1.55. The van der Waals surface area contributed by atoms with Gasteiger partial charge in [0, 0.05) is 38.6 Å². The molecule has 1 aromatic rings. The van der Waals surface area contributed by atoms with Gasteiger partial charge in [0.05, 0.1) is 15.3 Å². The van der Waals surface area contributed by atoms with Gasteiger partial charge in [-0.2, -0.15) is 0 Å². The number of piperidine rings is 1. The van der Waals surface area contributed by atoms with Crippen LogP contribution >= 0.6 is 0 Å². The Kier molecular flexibility index (Phi) is 1.59. The zero-order valence-electron chi connectivity index (χ0n) is 29.2. The van der Waals surface area contributed by atoms with Crippen molar-refractivity contribution in [3.8, 4) is 11.5 Å². The Morgan fingerprint density at radius 3 is 2.89 bits per heavy atom. The fourth-order valence-corrected chi connectivity index (χ4v) is 4.98. The van der Waals surface area contributed by atoms with E-state index < -0.39 is 89.2 Å². The van der Waals surface area contributed by atoms with E-state index in [0.717, 1.165) is 13.8 Å².